The van der Waals surface area contributed by atoms with Gasteiger partial charge in [0.1, 0.15) is 0 Å². The summed E-state index contributed by atoms with van der Waals surface area (Å²) in [6.07, 6.45) is 1.26. The van der Waals surface area contributed by atoms with Crippen LogP contribution in [0.4, 0.5) is 0 Å². The number of sulfonamides is 1. The second kappa shape index (κ2) is 6.45. The van der Waals surface area contributed by atoms with Crippen molar-refractivity contribution in [1.82, 2.24) is 14.5 Å². The predicted octanol–water partition coefficient (Wildman–Crippen LogP) is 2.15. The van der Waals surface area contributed by atoms with Crippen LogP contribution in [-0.4, -0.2) is 41.8 Å². The van der Waals surface area contributed by atoms with Gasteiger partial charge in [-0.05, 0) is 31.9 Å². The molecule has 1 aliphatic heterocycles. The molecule has 8 heteroatoms. The maximum absolute atomic E-state index is 12.8. The first-order chi connectivity index (χ1) is 11.4. The maximum Gasteiger partial charge on any atom is 0.243 e. The van der Waals surface area contributed by atoms with Gasteiger partial charge in [0, 0.05) is 31.5 Å². The zero-order chi connectivity index (χ0) is 17.3. The topological polar surface area (TPSA) is 93.4 Å². The van der Waals surface area contributed by atoms with E-state index in [9.17, 15) is 13.2 Å². The Morgan fingerprint density at radius 3 is 2.54 bits per heavy atom. The number of ketones is 1. The molecule has 0 radical (unpaired) electrons. The smallest absolute Gasteiger partial charge is 0.243 e. The third-order valence-corrected chi connectivity index (χ3v) is 6.12. The van der Waals surface area contributed by atoms with Crippen LogP contribution in [0.1, 0.15) is 47.8 Å². The number of aromatic nitrogens is 2. The lowest BCUT2D eigenvalue weighted by molar-refractivity contribution is 0.101. The highest BCUT2D eigenvalue weighted by Crippen LogP contribution is 2.30. The molecule has 24 heavy (non-hydrogen) atoms. The van der Waals surface area contributed by atoms with Gasteiger partial charge in [-0.15, -0.1) is 10.2 Å². The van der Waals surface area contributed by atoms with Crippen LogP contribution in [0.15, 0.2) is 33.6 Å². The van der Waals surface area contributed by atoms with Crippen molar-refractivity contribution in [3.63, 3.8) is 0 Å². The molecule has 0 N–H and O–H groups in total. The van der Waals surface area contributed by atoms with Gasteiger partial charge in [0.2, 0.25) is 21.8 Å². The van der Waals surface area contributed by atoms with Gasteiger partial charge in [0.15, 0.2) is 5.78 Å². The fourth-order valence-electron chi connectivity index (χ4n) is 2.84. The number of benzene rings is 1. The molecule has 1 fully saturated rings. The summed E-state index contributed by atoms with van der Waals surface area (Å²) < 4.78 is 32.4. The monoisotopic (exact) mass is 349 g/mol. The minimum Gasteiger partial charge on any atom is -0.425 e. The van der Waals surface area contributed by atoms with E-state index in [1.807, 2.05) is 0 Å². The number of nitrogens with zero attached hydrogens (tertiary/aromatic N) is 3. The van der Waals surface area contributed by atoms with E-state index in [-0.39, 0.29) is 16.6 Å². The van der Waals surface area contributed by atoms with E-state index in [1.54, 1.807) is 19.1 Å². The average Bonchev–Trinajstić information content (AvgIpc) is 3.01. The van der Waals surface area contributed by atoms with Crippen molar-refractivity contribution < 1.29 is 17.6 Å². The molecule has 2 heterocycles. The molecule has 2 aromatic rings. The van der Waals surface area contributed by atoms with Crippen LogP contribution in [0.25, 0.3) is 0 Å². The molecule has 3 rings (SSSR count). The summed E-state index contributed by atoms with van der Waals surface area (Å²) in [7, 11) is -3.60. The summed E-state index contributed by atoms with van der Waals surface area (Å²) in [5, 5.41) is 7.85. The highest BCUT2D eigenvalue weighted by molar-refractivity contribution is 7.89. The second-order valence-electron chi connectivity index (χ2n) is 5.92. The summed E-state index contributed by atoms with van der Waals surface area (Å²) in [5.41, 5.74) is 0.396. The quantitative estimate of drug-likeness (QED) is 0.785. The van der Waals surface area contributed by atoms with Crippen molar-refractivity contribution in [2.45, 2.75) is 37.5 Å². The van der Waals surface area contributed by atoms with E-state index in [2.05, 4.69) is 10.2 Å². The number of Topliss-reactive ketones (excluding diaryl/α,β-unsaturated/α-hetero) is 1. The van der Waals surface area contributed by atoms with Crippen molar-refractivity contribution in [3.05, 3.63) is 41.6 Å². The molecule has 0 bridgehead atoms. The zero-order valence-corrected chi connectivity index (χ0v) is 14.4. The summed E-state index contributed by atoms with van der Waals surface area (Å²) in [6, 6.07) is 6.17. The number of carbonyl (C=O) groups excluding carboxylic acids is 1. The van der Waals surface area contributed by atoms with Gasteiger partial charge in [0.05, 0.1) is 4.90 Å². The molecule has 7 nitrogen and oxygen atoms in total. The van der Waals surface area contributed by atoms with Gasteiger partial charge in [-0.1, -0.05) is 12.1 Å². The maximum atomic E-state index is 12.8. The standard InChI is InChI=1S/C16H19N3O4S/c1-11(20)14-4-3-5-15(10-14)24(21,22)19-8-6-13(7-9-19)16-18-17-12(2)23-16/h3-5,10,13H,6-9H2,1-2H3. The number of aryl methyl sites for hydroxylation is 1. The molecule has 1 aromatic heterocycles. The Morgan fingerprint density at radius 1 is 1.25 bits per heavy atom. The molecule has 1 saturated heterocycles. The van der Waals surface area contributed by atoms with Gasteiger partial charge < -0.3 is 4.42 Å². The molecule has 0 unspecified atom stereocenters. The summed E-state index contributed by atoms with van der Waals surface area (Å²) in [6.45, 7) is 3.93. The van der Waals surface area contributed by atoms with Crippen molar-refractivity contribution in [3.8, 4) is 0 Å². The Bertz CT molecular complexity index is 852. The fraction of sp³-hybridized carbons (Fsp3) is 0.438. The lowest BCUT2D eigenvalue weighted by Gasteiger charge is -2.29. The van der Waals surface area contributed by atoms with E-state index < -0.39 is 10.0 Å². The molecule has 0 atom stereocenters. The van der Waals surface area contributed by atoms with Crippen LogP contribution in [0.5, 0.6) is 0 Å². The largest absolute Gasteiger partial charge is 0.425 e. The lowest BCUT2D eigenvalue weighted by Crippen LogP contribution is -2.38. The van der Waals surface area contributed by atoms with Crippen molar-refractivity contribution in [2.75, 3.05) is 13.1 Å². The van der Waals surface area contributed by atoms with Crippen molar-refractivity contribution >= 4 is 15.8 Å². The zero-order valence-electron chi connectivity index (χ0n) is 13.6. The first-order valence-electron chi connectivity index (χ1n) is 7.79. The van der Waals surface area contributed by atoms with Gasteiger partial charge in [-0.25, -0.2) is 8.42 Å². The summed E-state index contributed by atoms with van der Waals surface area (Å²) in [5.74, 6) is 1.02. The summed E-state index contributed by atoms with van der Waals surface area (Å²) in [4.78, 5) is 11.6. The second-order valence-corrected chi connectivity index (χ2v) is 7.86. The van der Waals surface area contributed by atoms with Crippen LogP contribution in [-0.2, 0) is 10.0 Å². The normalized spacial score (nSPS) is 17.1. The molecule has 128 valence electrons. The Labute approximate surface area is 140 Å². The molecule has 0 amide bonds. The average molecular weight is 349 g/mol. The Kier molecular flexibility index (Phi) is 4.51. The van der Waals surface area contributed by atoms with Gasteiger partial charge in [0.25, 0.3) is 0 Å². The third kappa shape index (κ3) is 3.25. The van der Waals surface area contributed by atoms with Gasteiger partial charge in [-0.2, -0.15) is 4.31 Å². The van der Waals surface area contributed by atoms with Gasteiger partial charge in [-0.3, -0.25) is 4.79 Å². The summed E-state index contributed by atoms with van der Waals surface area (Å²) >= 11 is 0. The minimum atomic E-state index is -3.60. The molecule has 0 aliphatic carbocycles. The van der Waals surface area contributed by atoms with E-state index in [0.29, 0.717) is 43.3 Å². The molecule has 0 spiro atoms. The number of hydrogen-bond acceptors (Lipinski definition) is 6. The predicted molar refractivity (Wildman–Crippen MR) is 86.2 cm³/mol. The number of rotatable bonds is 4. The van der Waals surface area contributed by atoms with Gasteiger partial charge >= 0.3 is 0 Å². The number of piperidine rings is 1. The Morgan fingerprint density at radius 2 is 1.96 bits per heavy atom. The van der Waals surface area contributed by atoms with E-state index >= 15 is 0 Å². The van der Waals surface area contributed by atoms with Crippen LogP contribution in [0, 0.1) is 6.92 Å². The molecule has 1 aliphatic rings. The van der Waals surface area contributed by atoms with E-state index in [1.165, 1.54) is 23.4 Å². The van der Waals surface area contributed by atoms with Crippen molar-refractivity contribution in [1.29, 1.82) is 0 Å². The first kappa shape index (κ1) is 16.8. The molecular formula is C16H19N3O4S. The molecule has 0 saturated carbocycles. The van der Waals surface area contributed by atoms with Crippen LogP contribution in [0.3, 0.4) is 0 Å². The Balaban J connectivity index is 1.75. The van der Waals surface area contributed by atoms with Crippen LogP contribution in [0.2, 0.25) is 0 Å². The number of hydrogen-bond donors (Lipinski definition) is 0. The van der Waals surface area contributed by atoms with E-state index in [4.69, 9.17) is 4.42 Å². The molecular weight excluding hydrogens is 330 g/mol. The lowest BCUT2D eigenvalue weighted by atomic mass is 9.98. The third-order valence-electron chi connectivity index (χ3n) is 4.22. The van der Waals surface area contributed by atoms with Crippen LogP contribution >= 0.6 is 0 Å². The van der Waals surface area contributed by atoms with Crippen molar-refractivity contribution in [2.24, 2.45) is 0 Å². The first-order valence-corrected chi connectivity index (χ1v) is 9.23. The van der Waals surface area contributed by atoms with E-state index in [0.717, 1.165) is 0 Å². The minimum absolute atomic E-state index is 0.0844. The van der Waals surface area contributed by atoms with Crippen LogP contribution < -0.4 is 0 Å². The SMILES string of the molecule is CC(=O)c1cccc(S(=O)(=O)N2CCC(c3nnc(C)o3)CC2)c1. The fourth-order valence-corrected chi connectivity index (χ4v) is 4.36. The molecule has 1 aromatic carbocycles. The highest BCUT2D eigenvalue weighted by atomic mass is 32.2. The number of carbonyl (C=O) groups is 1. The Hall–Kier alpha value is -2.06. The highest BCUT2D eigenvalue weighted by Gasteiger charge is 2.32.